The summed E-state index contributed by atoms with van der Waals surface area (Å²) in [6.45, 7) is 0.443. The van der Waals surface area contributed by atoms with Crippen LogP contribution in [-0.4, -0.2) is 23.2 Å². The molecular weight excluding hydrogens is 390 g/mol. The second-order valence-electron chi connectivity index (χ2n) is 5.68. The van der Waals surface area contributed by atoms with E-state index in [0.29, 0.717) is 16.6 Å². The molecule has 0 fully saturated rings. The standard InChI is InChI=1S/C19H15Cl2FN4O/c1-26(12-14-4-8-16(21)9-5-14)18-17(22)11-23-19(25-18)27-24-10-13-2-6-15(20)7-3-13/h2-11H,12H2,1H3. The van der Waals surface area contributed by atoms with Crippen LogP contribution in [0, 0.1) is 5.82 Å². The molecule has 8 heteroatoms. The van der Waals surface area contributed by atoms with Crippen LogP contribution < -0.4 is 9.74 Å². The molecule has 0 radical (unpaired) electrons. The van der Waals surface area contributed by atoms with Crippen LogP contribution in [0.3, 0.4) is 0 Å². The normalized spacial score (nSPS) is 11.0. The molecule has 2 aromatic carbocycles. The molecule has 0 saturated carbocycles. The zero-order valence-electron chi connectivity index (χ0n) is 14.3. The monoisotopic (exact) mass is 404 g/mol. The van der Waals surface area contributed by atoms with Gasteiger partial charge in [0, 0.05) is 23.6 Å². The number of nitrogens with zero attached hydrogens (tertiary/aromatic N) is 4. The summed E-state index contributed by atoms with van der Waals surface area (Å²) >= 11 is 11.7. The molecule has 5 nitrogen and oxygen atoms in total. The Kier molecular flexibility index (Phi) is 6.21. The van der Waals surface area contributed by atoms with Crippen molar-refractivity contribution < 1.29 is 9.23 Å². The quantitative estimate of drug-likeness (QED) is 0.429. The highest BCUT2D eigenvalue weighted by atomic mass is 35.5. The van der Waals surface area contributed by atoms with Gasteiger partial charge in [-0.2, -0.15) is 9.97 Å². The van der Waals surface area contributed by atoms with Gasteiger partial charge in [0.25, 0.3) is 0 Å². The highest BCUT2D eigenvalue weighted by Crippen LogP contribution is 2.20. The number of anilines is 1. The van der Waals surface area contributed by atoms with Gasteiger partial charge in [0.2, 0.25) is 0 Å². The molecule has 0 aliphatic carbocycles. The van der Waals surface area contributed by atoms with E-state index in [2.05, 4.69) is 15.1 Å². The lowest BCUT2D eigenvalue weighted by molar-refractivity contribution is 0.313. The minimum absolute atomic E-state index is 0.0560. The van der Waals surface area contributed by atoms with Crippen LogP contribution in [0.1, 0.15) is 11.1 Å². The number of aromatic nitrogens is 2. The first-order valence-electron chi connectivity index (χ1n) is 7.95. The van der Waals surface area contributed by atoms with E-state index in [4.69, 9.17) is 28.0 Å². The van der Waals surface area contributed by atoms with Crippen LogP contribution in [0.25, 0.3) is 0 Å². The van der Waals surface area contributed by atoms with Crippen molar-refractivity contribution in [3.63, 3.8) is 0 Å². The Morgan fingerprint density at radius 2 is 1.70 bits per heavy atom. The molecule has 27 heavy (non-hydrogen) atoms. The number of halogens is 3. The topological polar surface area (TPSA) is 50.6 Å². The smallest absolute Gasteiger partial charge is 0.347 e. The third-order valence-electron chi connectivity index (χ3n) is 3.60. The first kappa shape index (κ1) is 19.1. The molecule has 0 atom stereocenters. The molecule has 0 unspecified atom stereocenters. The Labute approximate surface area is 166 Å². The highest BCUT2D eigenvalue weighted by Gasteiger charge is 2.13. The van der Waals surface area contributed by atoms with Crippen molar-refractivity contribution in [3.8, 4) is 6.01 Å². The lowest BCUT2D eigenvalue weighted by atomic mass is 10.2. The fourth-order valence-corrected chi connectivity index (χ4v) is 2.53. The van der Waals surface area contributed by atoms with Crippen molar-refractivity contribution >= 4 is 35.2 Å². The average molecular weight is 405 g/mol. The molecular formula is C19H15Cl2FN4O. The van der Waals surface area contributed by atoms with Gasteiger partial charge in [0.1, 0.15) is 0 Å². The lowest BCUT2D eigenvalue weighted by Crippen LogP contribution is -2.19. The molecule has 0 amide bonds. The van der Waals surface area contributed by atoms with Crippen molar-refractivity contribution in [1.82, 2.24) is 9.97 Å². The number of benzene rings is 2. The Morgan fingerprint density at radius 1 is 1.07 bits per heavy atom. The summed E-state index contributed by atoms with van der Waals surface area (Å²) in [7, 11) is 1.72. The summed E-state index contributed by atoms with van der Waals surface area (Å²) in [5.41, 5.74) is 1.75. The van der Waals surface area contributed by atoms with Crippen molar-refractivity contribution in [3.05, 3.63) is 81.7 Å². The van der Waals surface area contributed by atoms with E-state index in [-0.39, 0.29) is 11.8 Å². The molecule has 3 aromatic rings. The van der Waals surface area contributed by atoms with E-state index in [1.807, 2.05) is 12.1 Å². The van der Waals surface area contributed by atoms with Crippen LogP contribution in [0.2, 0.25) is 10.0 Å². The molecule has 0 bridgehead atoms. The van der Waals surface area contributed by atoms with Gasteiger partial charge in [-0.05, 0) is 35.4 Å². The molecule has 3 rings (SSSR count). The minimum Gasteiger partial charge on any atom is -0.353 e. The van der Waals surface area contributed by atoms with E-state index >= 15 is 0 Å². The number of rotatable bonds is 6. The summed E-state index contributed by atoms with van der Waals surface area (Å²) in [6.07, 6.45) is 2.54. The largest absolute Gasteiger partial charge is 0.353 e. The van der Waals surface area contributed by atoms with Crippen molar-refractivity contribution in [2.75, 3.05) is 11.9 Å². The van der Waals surface area contributed by atoms with E-state index in [1.165, 1.54) is 6.21 Å². The van der Waals surface area contributed by atoms with Gasteiger partial charge in [-0.1, -0.05) is 52.6 Å². The third kappa shape index (κ3) is 5.39. The van der Waals surface area contributed by atoms with Crippen LogP contribution in [0.15, 0.2) is 59.9 Å². The summed E-state index contributed by atoms with van der Waals surface area (Å²) in [6, 6.07) is 14.3. The van der Waals surface area contributed by atoms with E-state index in [0.717, 1.165) is 17.3 Å². The number of oxime groups is 1. The van der Waals surface area contributed by atoms with Crippen LogP contribution in [0.4, 0.5) is 10.2 Å². The van der Waals surface area contributed by atoms with Gasteiger partial charge in [0.05, 0.1) is 12.4 Å². The Morgan fingerprint density at radius 3 is 2.37 bits per heavy atom. The molecule has 1 heterocycles. The fourth-order valence-electron chi connectivity index (χ4n) is 2.28. The first-order valence-corrected chi connectivity index (χ1v) is 8.71. The van der Waals surface area contributed by atoms with Crippen LogP contribution in [0.5, 0.6) is 6.01 Å². The van der Waals surface area contributed by atoms with Crippen molar-refractivity contribution in [1.29, 1.82) is 0 Å². The van der Waals surface area contributed by atoms with Gasteiger partial charge < -0.3 is 9.74 Å². The Bertz CT molecular complexity index is 933. The predicted octanol–water partition coefficient (Wildman–Crippen LogP) is 4.97. The van der Waals surface area contributed by atoms with Crippen molar-refractivity contribution in [2.24, 2.45) is 5.16 Å². The third-order valence-corrected chi connectivity index (χ3v) is 4.11. The van der Waals surface area contributed by atoms with Crippen LogP contribution in [-0.2, 0) is 6.54 Å². The Balaban J connectivity index is 1.69. The molecule has 1 aromatic heterocycles. The molecule has 0 N–H and O–H groups in total. The average Bonchev–Trinajstić information content (AvgIpc) is 2.66. The number of hydrogen-bond acceptors (Lipinski definition) is 5. The molecule has 0 aliphatic rings. The van der Waals surface area contributed by atoms with Crippen LogP contribution >= 0.6 is 23.2 Å². The molecule has 0 saturated heterocycles. The second-order valence-corrected chi connectivity index (χ2v) is 6.56. The van der Waals surface area contributed by atoms with Gasteiger partial charge in [-0.15, -0.1) is 0 Å². The van der Waals surface area contributed by atoms with Gasteiger partial charge in [0.15, 0.2) is 11.6 Å². The molecule has 0 aliphatic heterocycles. The zero-order chi connectivity index (χ0) is 19.2. The SMILES string of the molecule is CN(Cc1ccc(Cl)cc1)c1nc(ON=Cc2ccc(Cl)cc2)ncc1F. The zero-order valence-corrected chi connectivity index (χ0v) is 15.8. The maximum atomic E-state index is 14.1. The maximum absolute atomic E-state index is 14.1. The molecule has 0 spiro atoms. The highest BCUT2D eigenvalue weighted by molar-refractivity contribution is 6.30. The van der Waals surface area contributed by atoms with Gasteiger partial charge >= 0.3 is 6.01 Å². The van der Waals surface area contributed by atoms with E-state index < -0.39 is 5.82 Å². The minimum atomic E-state index is -0.555. The summed E-state index contributed by atoms with van der Waals surface area (Å²) in [5, 5.41) is 5.09. The summed E-state index contributed by atoms with van der Waals surface area (Å²) < 4.78 is 14.1. The summed E-state index contributed by atoms with van der Waals surface area (Å²) in [5.74, 6) is -0.447. The number of hydrogen-bond donors (Lipinski definition) is 0. The Hall–Kier alpha value is -2.70. The van der Waals surface area contributed by atoms with Gasteiger partial charge in [-0.25, -0.2) is 4.39 Å². The fraction of sp³-hybridized carbons (Fsp3) is 0.105. The van der Waals surface area contributed by atoms with E-state index in [9.17, 15) is 4.39 Å². The lowest BCUT2D eigenvalue weighted by Gasteiger charge is -2.18. The maximum Gasteiger partial charge on any atom is 0.347 e. The van der Waals surface area contributed by atoms with E-state index in [1.54, 1.807) is 48.3 Å². The van der Waals surface area contributed by atoms with Gasteiger partial charge in [-0.3, -0.25) is 0 Å². The predicted molar refractivity (Wildman–Crippen MR) is 105 cm³/mol. The van der Waals surface area contributed by atoms with Crippen molar-refractivity contribution in [2.45, 2.75) is 6.54 Å². The first-order chi connectivity index (χ1) is 13.0. The molecule has 138 valence electrons. The summed E-state index contributed by atoms with van der Waals surface area (Å²) in [4.78, 5) is 14.7. The second kappa shape index (κ2) is 8.79.